The fourth-order valence-electron chi connectivity index (χ4n) is 5.04. The number of aliphatic hydroxyl groups excluding tert-OH is 2. The van der Waals surface area contributed by atoms with Crippen molar-refractivity contribution in [2.45, 2.75) is 112 Å². The van der Waals surface area contributed by atoms with E-state index < -0.39 is 60.7 Å². The highest BCUT2D eigenvalue weighted by Gasteiger charge is 2.50. The Morgan fingerprint density at radius 1 is 0.970 bits per heavy atom. The number of ether oxygens (including phenoxy) is 4. The average molecular weight is 478 g/mol. The molecule has 12 heteroatoms. The van der Waals surface area contributed by atoms with Crippen LogP contribution in [0.15, 0.2) is 0 Å². The SMILES string of the molecule is CNC(C)[C@@H]1CC[C@@H](N)[C@@H](O[C@H]2[C@H](O)[C@@H](O[C@H]3OC[C@](C)(O)[C@H](NC)[C@H]3O)[C@H](N)C[C@@H]2N)O1. The minimum atomic E-state index is -1.29. The molecule has 0 aromatic rings. The molecule has 0 spiro atoms. The molecule has 2 aliphatic heterocycles. The Morgan fingerprint density at radius 3 is 2.15 bits per heavy atom. The maximum atomic E-state index is 11.1. The highest BCUT2D eigenvalue weighted by Crippen LogP contribution is 2.31. The summed E-state index contributed by atoms with van der Waals surface area (Å²) < 4.78 is 23.7. The van der Waals surface area contributed by atoms with Crippen LogP contribution in [-0.4, -0.2) is 115 Å². The van der Waals surface area contributed by atoms with Crippen molar-refractivity contribution in [1.29, 1.82) is 0 Å². The Bertz CT molecular complexity index is 632. The topological polar surface area (TPSA) is 200 Å². The second-order valence-corrected chi connectivity index (χ2v) is 9.91. The number of likely N-dealkylation sites (N-methyl/N-ethyl adjacent to an activating group) is 2. The van der Waals surface area contributed by atoms with Crippen molar-refractivity contribution in [3.63, 3.8) is 0 Å². The van der Waals surface area contributed by atoms with E-state index in [1.54, 1.807) is 14.0 Å². The zero-order valence-electron chi connectivity index (χ0n) is 20.0. The molecule has 0 aromatic carbocycles. The first-order valence-electron chi connectivity index (χ1n) is 11.8. The Morgan fingerprint density at radius 2 is 1.58 bits per heavy atom. The maximum Gasteiger partial charge on any atom is 0.185 e. The molecule has 33 heavy (non-hydrogen) atoms. The van der Waals surface area contributed by atoms with Gasteiger partial charge in [0.05, 0.1) is 24.8 Å². The van der Waals surface area contributed by atoms with Gasteiger partial charge in [-0.3, -0.25) is 0 Å². The van der Waals surface area contributed by atoms with Gasteiger partial charge in [-0.15, -0.1) is 0 Å². The lowest BCUT2D eigenvalue weighted by molar-refractivity contribution is -0.307. The van der Waals surface area contributed by atoms with Crippen LogP contribution in [0.2, 0.25) is 0 Å². The molecular weight excluding hydrogens is 434 g/mol. The van der Waals surface area contributed by atoms with E-state index >= 15 is 0 Å². The monoisotopic (exact) mass is 477 g/mol. The average Bonchev–Trinajstić information content (AvgIpc) is 2.76. The Balaban J connectivity index is 1.68. The van der Waals surface area contributed by atoms with Crippen LogP contribution in [0.3, 0.4) is 0 Å². The summed E-state index contributed by atoms with van der Waals surface area (Å²) in [7, 11) is 3.49. The van der Waals surface area contributed by atoms with Gasteiger partial charge in [0.25, 0.3) is 0 Å². The summed E-state index contributed by atoms with van der Waals surface area (Å²) in [6.45, 7) is 3.52. The first-order chi connectivity index (χ1) is 15.5. The molecule has 1 aliphatic carbocycles. The second-order valence-electron chi connectivity index (χ2n) is 9.91. The van der Waals surface area contributed by atoms with Crippen LogP contribution in [0.25, 0.3) is 0 Å². The van der Waals surface area contributed by atoms with Crippen molar-refractivity contribution in [2.75, 3.05) is 20.7 Å². The van der Waals surface area contributed by atoms with E-state index in [0.717, 1.165) is 6.42 Å². The van der Waals surface area contributed by atoms with Gasteiger partial charge in [-0.1, -0.05) is 0 Å². The van der Waals surface area contributed by atoms with Crippen LogP contribution >= 0.6 is 0 Å². The zero-order valence-corrected chi connectivity index (χ0v) is 20.0. The Kier molecular flexibility index (Phi) is 9.09. The molecule has 1 unspecified atom stereocenters. The van der Waals surface area contributed by atoms with Gasteiger partial charge in [0.1, 0.15) is 30.0 Å². The highest BCUT2D eigenvalue weighted by atomic mass is 16.7. The van der Waals surface area contributed by atoms with E-state index in [1.165, 1.54) is 0 Å². The van der Waals surface area contributed by atoms with Gasteiger partial charge >= 0.3 is 0 Å². The summed E-state index contributed by atoms with van der Waals surface area (Å²) in [5.74, 6) is 0. The molecule has 1 saturated carbocycles. The van der Waals surface area contributed by atoms with Gasteiger partial charge in [-0.25, -0.2) is 0 Å². The largest absolute Gasteiger partial charge is 0.388 e. The van der Waals surface area contributed by atoms with Gasteiger partial charge in [-0.05, 0) is 47.2 Å². The molecule has 3 aliphatic rings. The van der Waals surface area contributed by atoms with E-state index in [1.807, 2.05) is 14.0 Å². The number of hydrogen-bond acceptors (Lipinski definition) is 12. The normalized spacial score (nSPS) is 50.2. The summed E-state index contributed by atoms with van der Waals surface area (Å²) in [5, 5.41) is 38.3. The zero-order chi connectivity index (χ0) is 24.5. The summed E-state index contributed by atoms with van der Waals surface area (Å²) in [6.07, 6.45) is -4.22. The maximum absolute atomic E-state index is 11.1. The Labute approximate surface area is 195 Å². The minimum absolute atomic E-state index is 0.0620. The van der Waals surface area contributed by atoms with Crippen LogP contribution < -0.4 is 27.8 Å². The van der Waals surface area contributed by atoms with Crippen molar-refractivity contribution in [3.8, 4) is 0 Å². The number of hydrogen-bond donors (Lipinski definition) is 8. The number of nitrogens with two attached hydrogens (primary N) is 3. The highest BCUT2D eigenvalue weighted by molar-refractivity contribution is 5.02. The van der Waals surface area contributed by atoms with Gasteiger partial charge in [-0.2, -0.15) is 0 Å². The lowest BCUT2D eigenvalue weighted by atomic mass is 9.84. The van der Waals surface area contributed by atoms with E-state index in [0.29, 0.717) is 12.8 Å². The summed E-state index contributed by atoms with van der Waals surface area (Å²) >= 11 is 0. The van der Waals surface area contributed by atoms with E-state index in [2.05, 4.69) is 10.6 Å². The predicted molar refractivity (Wildman–Crippen MR) is 120 cm³/mol. The van der Waals surface area contributed by atoms with Crippen molar-refractivity contribution in [2.24, 2.45) is 17.2 Å². The fraction of sp³-hybridized carbons (Fsp3) is 1.00. The van der Waals surface area contributed by atoms with Gasteiger partial charge in [0.2, 0.25) is 0 Å². The molecule has 3 rings (SSSR count). The number of nitrogens with one attached hydrogen (secondary N) is 2. The Hall–Kier alpha value is -0.480. The van der Waals surface area contributed by atoms with Crippen LogP contribution in [0.1, 0.15) is 33.1 Å². The third-order valence-corrected chi connectivity index (χ3v) is 7.24. The molecule has 0 amide bonds. The van der Waals surface area contributed by atoms with Gasteiger partial charge in [0.15, 0.2) is 12.6 Å². The van der Waals surface area contributed by atoms with Crippen molar-refractivity contribution >= 4 is 0 Å². The lowest BCUT2D eigenvalue weighted by Gasteiger charge is -2.48. The van der Waals surface area contributed by atoms with E-state index in [9.17, 15) is 15.3 Å². The third kappa shape index (κ3) is 5.85. The molecule has 0 aromatic heterocycles. The molecule has 3 fully saturated rings. The first-order valence-corrected chi connectivity index (χ1v) is 11.8. The summed E-state index contributed by atoms with van der Waals surface area (Å²) in [6, 6.07) is -2.11. The lowest BCUT2D eigenvalue weighted by Crippen LogP contribution is -2.68. The first kappa shape index (κ1) is 27.1. The standard InChI is InChI=1S/C21H43N5O7/c1-9(25-3)13-6-5-10(22)19(31-13)32-16-11(23)7-12(24)17(14(16)27)33-20-15(28)18(26-4)21(2,29)8-30-20/h9-20,25-29H,5-8,22-24H2,1-4H3/t9?,10-,11+,12-,13+,14+,15-,16-,17+,18-,19-,20-,21+/m1/s1. The van der Waals surface area contributed by atoms with Crippen molar-refractivity contribution in [3.05, 3.63) is 0 Å². The van der Waals surface area contributed by atoms with Crippen molar-refractivity contribution in [1.82, 2.24) is 10.6 Å². The van der Waals surface area contributed by atoms with E-state index in [4.69, 9.17) is 36.1 Å². The van der Waals surface area contributed by atoms with E-state index in [-0.39, 0.29) is 24.8 Å². The summed E-state index contributed by atoms with van der Waals surface area (Å²) in [5.41, 5.74) is 17.5. The quantitative estimate of drug-likeness (QED) is 0.182. The molecule has 0 bridgehead atoms. The van der Waals surface area contributed by atoms with Crippen LogP contribution in [0.4, 0.5) is 0 Å². The molecule has 2 heterocycles. The van der Waals surface area contributed by atoms with Crippen LogP contribution in [0, 0.1) is 0 Å². The molecule has 194 valence electrons. The number of aliphatic hydroxyl groups is 3. The fourth-order valence-corrected chi connectivity index (χ4v) is 5.04. The summed E-state index contributed by atoms with van der Waals surface area (Å²) in [4.78, 5) is 0. The molecule has 12 nitrogen and oxygen atoms in total. The molecular formula is C21H43N5O7. The molecule has 2 saturated heterocycles. The third-order valence-electron chi connectivity index (χ3n) is 7.24. The van der Waals surface area contributed by atoms with Crippen molar-refractivity contribution < 1.29 is 34.3 Å². The smallest absolute Gasteiger partial charge is 0.185 e. The second kappa shape index (κ2) is 11.1. The van der Waals surface area contributed by atoms with Crippen LogP contribution in [0.5, 0.6) is 0 Å². The van der Waals surface area contributed by atoms with Gasteiger partial charge < -0.3 is 62.1 Å². The number of rotatable bonds is 7. The molecule has 0 radical (unpaired) electrons. The van der Waals surface area contributed by atoms with Crippen LogP contribution in [-0.2, 0) is 18.9 Å². The van der Waals surface area contributed by atoms with Gasteiger partial charge in [0, 0.05) is 18.1 Å². The molecule has 11 N–H and O–H groups in total. The minimum Gasteiger partial charge on any atom is -0.388 e. The predicted octanol–water partition coefficient (Wildman–Crippen LogP) is -3.33. The molecule has 13 atom stereocenters.